The number of H-pyrrole nitrogens is 1. The highest BCUT2D eigenvalue weighted by molar-refractivity contribution is 6.33. The predicted octanol–water partition coefficient (Wildman–Crippen LogP) is 6.06. The van der Waals surface area contributed by atoms with E-state index in [9.17, 15) is 4.79 Å². The van der Waals surface area contributed by atoms with Crippen molar-refractivity contribution >= 4 is 34.5 Å². The predicted molar refractivity (Wildman–Crippen MR) is 136 cm³/mol. The van der Waals surface area contributed by atoms with Gasteiger partial charge in [-0.2, -0.15) is 0 Å². The number of nitrogens with zero attached hydrogens (tertiary/aromatic N) is 3. The normalized spacial score (nSPS) is 14.7. The van der Waals surface area contributed by atoms with Gasteiger partial charge in [-0.15, -0.1) is 0 Å². The Labute approximate surface area is 196 Å². The third-order valence-electron chi connectivity index (χ3n) is 5.76. The molecule has 4 aromatic carbocycles. The topological polar surface area (TPSA) is 61.4 Å². The minimum atomic E-state index is -0.163. The van der Waals surface area contributed by atoms with Crippen molar-refractivity contribution in [1.82, 2.24) is 9.97 Å². The van der Waals surface area contributed by atoms with Crippen molar-refractivity contribution in [1.29, 1.82) is 0 Å². The summed E-state index contributed by atoms with van der Waals surface area (Å²) in [5, 5.41) is 0. The smallest absolute Gasteiger partial charge is 0.282 e. The summed E-state index contributed by atoms with van der Waals surface area (Å²) in [6, 6.07) is 35.3. The van der Waals surface area contributed by atoms with Crippen LogP contribution in [0.25, 0.3) is 28.5 Å². The number of rotatable bonds is 4. The summed E-state index contributed by atoms with van der Waals surface area (Å²) in [5.41, 5.74) is 5.72. The maximum Gasteiger partial charge on any atom is 0.282 e. The highest BCUT2D eigenvalue weighted by Gasteiger charge is 2.32. The average Bonchev–Trinajstić information content (AvgIpc) is 3.47. The molecule has 0 radical (unpaired) electrons. The van der Waals surface area contributed by atoms with Crippen molar-refractivity contribution in [3.05, 3.63) is 126 Å². The largest absolute Gasteiger partial charge is 0.338 e. The van der Waals surface area contributed by atoms with Crippen LogP contribution in [-0.2, 0) is 4.79 Å². The van der Waals surface area contributed by atoms with Gasteiger partial charge in [0, 0.05) is 11.1 Å². The fourth-order valence-electron chi connectivity index (χ4n) is 4.13. The Bertz CT molecular complexity index is 1530. The lowest BCUT2D eigenvalue weighted by atomic mass is 10.1. The number of carbonyl (C=O) groups excluding carboxylic acids is 1. The third kappa shape index (κ3) is 3.59. The number of fused-ring (bicyclic) bond motifs is 1. The highest BCUT2D eigenvalue weighted by Crippen LogP contribution is 2.31. The van der Waals surface area contributed by atoms with E-state index in [1.54, 1.807) is 4.90 Å². The van der Waals surface area contributed by atoms with Crippen LogP contribution in [0.4, 0.5) is 5.69 Å². The van der Waals surface area contributed by atoms with Gasteiger partial charge in [-0.05, 0) is 35.9 Å². The molecule has 0 atom stereocenters. The van der Waals surface area contributed by atoms with Gasteiger partial charge in [0.1, 0.15) is 17.4 Å². The summed E-state index contributed by atoms with van der Waals surface area (Å²) >= 11 is 0. The minimum absolute atomic E-state index is 0.163. The van der Waals surface area contributed by atoms with Crippen molar-refractivity contribution < 1.29 is 4.79 Å². The molecular formula is C29H20N4O. The molecule has 6 rings (SSSR count). The first-order valence-corrected chi connectivity index (χ1v) is 11.1. The van der Waals surface area contributed by atoms with E-state index < -0.39 is 0 Å². The van der Waals surface area contributed by atoms with Crippen molar-refractivity contribution in [2.45, 2.75) is 0 Å². The summed E-state index contributed by atoms with van der Waals surface area (Å²) in [4.78, 5) is 28.1. The fraction of sp³-hybridized carbons (Fsp3) is 0. The SMILES string of the molecule is O=C1/C(=C\c2ccccc2)N=C(c2ccccc2)N1c1cccc(-c2nc3ccccc3[nH]2)c1. The first kappa shape index (κ1) is 19.9. The van der Waals surface area contributed by atoms with Crippen LogP contribution < -0.4 is 4.90 Å². The number of benzene rings is 4. The Kier molecular flexibility index (Phi) is 4.85. The van der Waals surface area contributed by atoms with Crippen LogP contribution in [0.2, 0.25) is 0 Å². The second-order valence-electron chi connectivity index (χ2n) is 8.04. The lowest BCUT2D eigenvalue weighted by Gasteiger charge is -2.19. The Balaban J connectivity index is 1.45. The van der Waals surface area contributed by atoms with Gasteiger partial charge >= 0.3 is 0 Å². The molecular weight excluding hydrogens is 420 g/mol. The van der Waals surface area contributed by atoms with Crippen molar-refractivity contribution in [3.8, 4) is 11.4 Å². The van der Waals surface area contributed by atoms with E-state index in [4.69, 9.17) is 9.98 Å². The van der Waals surface area contributed by atoms with Crippen molar-refractivity contribution in [3.63, 3.8) is 0 Å². The van der Waals surface area contributed by atoms with E-state index in [0.29, 0.717) is 11.5 Å². The Hall–Kier alpha value is -4.77. The minimum Gasteiger partial charge on any atom is -0.338 e. The van der Waals surface area contributed by atoms with Gasteiger partial charge in [0.15, 0.2) is 0 Å². The van der Waals surface area contributed by atoms with Crippen molar-refractivity contribution in [2.24, 2.45) is 4.99 Å². The number of hydrogen-bond acceptors (Lipinski definition) is 3. The number of aromatic nitrogens is 2. The van der Waals surface area contributed by atoms with E-state index in [-0.39, 0.29) is 5.91 Å². The van der Waals surface area contributed by atoms with Crippen LogP contribution in [0.3, 0.4) is 0 Å². The summed E-state index contributed by atoms with van der Waals surface area (Å²) in [7, 11) is 0. The number of carbonyl (C=O) groups is 1. The molecule has 2 heterocycles. The molecule has 162 valence electrons. The van der Waals surface area contributed by atoms with Crippen LogP contribution in [-0.4, -0.2) is 21.7 Å². The first-order valence-electron chi connectivity index (χ1n) is 11.1. The zero-order valence-corrected chi connectivity index (χ0v) is 18.2. The molecule has 0 bridgehead atoms. The highest BCUT2D eigenvalue weighted by atomic mass is 16.2. The molecule has 1 aliphatic heterocycles. The van der Waals surface area contributed by atoms with Crippen LogP contribution >= 0.6 is 0 Å². The van der Waals surface area contributed by atoms with E-state index in [2.05, 4.69) is 4.98 Å². The van der Waals surface area contributed by atoms with E-state index >= 15 is 0 Å². The van der Waals surface area contributed by atoms with Gasteiger partial charge in [-0.25, -0.2) is 9.98 Å². The number of imidazole rings is 1. The van der Waals surface area contributed by atoms with E-state index in [0.717, 1.165) is 39.2 Å². The Morgan fingerprint density at radius 2 is 1.44 bits per heavy atom. The fourth-order valence-corrected chi connectivity index (χ4v) is 4.13. The van der Waals surface area contributed by atoms with Gasteiger partial charge in [-0.3, -0.25) is 9.69 Å². The Morgan fingerprint density at radius 1 is 0.735 bits per heavy atom. The molecule has 1 aliphatic rings. The Morgan fingerprint density at radius 3 is 2.24 bits per heavy atom. The van der Waals surface area contributed by atoms with Crippen LogP contribution in [0, 0.1) is 0 Å². The van der Waals surface area contributed by atoms with E-state index in [1.807, 2.05) is 115 Å². The zero-order valence-electron chi connectivity index (χ0n) is 18.2. The lowest BCUT2D eigenvalue weighted by Crippen LogP contribution is -2.32. The van der Waals surface area contributed by atoms with Crippen LogP contribution in [0.1, 0.15) is 11.1 Å². The van der Waals surface area contributed by atoms with Gasteiger partial charge in [0.25, 0.3) is 5.91 Å². The molecule has 5 aromatic rings. The number of amides is 1. The maximum atomic E-state index is 13.6. The third-order valence-corrected chi connectivity index (χ3v) is 5.76. The molecule has 0 saturated heterocycles. The summed E-state index contributed by atoms with van der Waals surface area (Å²) < 4.78 is 0. The molecule has 34 heavy (non-hydrogen) atoms. The summed E-state index contributed by atoms with van der Waals surface area (Å²) in [5.74, 6) is 1.20. The van der Waals surface area contributed by atoms with Gasteiger partial charge in [0.2, 0.25) is 0 Å². The van der Waals surface area contributed by atoms with Crippen LogP contribution in [0.5, 0.6) is 0 Å². The molecule has 0 saturated carbocycles. The number of aliphatic imine (C=N–C) groups is 1. The molecule has 5 heteroatoms. The quantitative estimate of drug-likeness (QED) is 0.345. The summed E-state index contributed by atoms with van der Waals surface area (Å²) in [6.07, 6.45) is 1.83. The number of hydrogen-bond donors (Lipinski definition) is 1. The number of nitrogens with one attached hydrogen (secondary N) is 1. The molecule has 5 nitrogen and oxygen atoms in total. The monoisotopic (exact) mass is 440 g/mol. The standard InChI is InChI=1S/C29H20N4O/c34-29-26(18-20-10-3-1-4-11-20)32-28(21-12-5-2-6-13-21)33(29)23-15-9-14-22(19-23)27-30-24-16-7-8-17-25(24)31-27/h1-19H,(H,30,31)/b26-18+. The van der Waals surface area contributed by atoms with Gasteiger partial charge < -0.3 is 4.98 Å². The average molecular weight is 441 g/mol. The lowest BCUT2D eigenvalue weighted by molar-refractivity contribution is -0.113. The van der Waals surface area contributed by atoms with Gasteiger partial charge in [0.05, 0.1) is 16.7 Å². The molecule has 0 aliphatic carbocycles. The molecule has 1 amide bonds. The molecule has 0 spiro atoms. The first-order chi connectivity index (χ1) is 16.8. The maximum absolute atomic E-state index is 13.6. The van der Waals surface area contributed by atoms with E-state index in [1.165, 1.54) is 0 Å². The molecule has 1 N–H and O–H groups in total. The number of para-hydroxylation sites is 2. The number of aromatic amines is 1. The zero-order chi connectivity index (χ0) is 22.9. The molecule has 0 fully saturated rings. The second kappa shape index (κ2) is 8.30. The number of anilines is 1. The second-order valence-corrected chi connectivity index (χ2v) is 8.04. The molecule has 1 aromatic heterocycles. The van der Waals surface area contributed by atoms with Crippen molar-refractivity contribution in [2.75, 3.05) is 4.90 Å². The molecule has 0 unspecified atom stereocenters. The number of amidine groups is 1. The summed E-state index contributed by atoms with van der Waals surface area (Å²) in [6.45, 7) is 0. The van der Waals surface area contributed by atoms with Gasteiger partial charge in [-0.1, -0.05) is 84.9 Å². The van der Waals surface area contributed by atoms with Crippen LogP contribution in [0.15, 0.2) is 120 Å².